The van der Waals surface area contributed by atoms with Crippen molar-refractivity contribution in [2.45, 2.75) is 25.8 Å². The summed E-state index contributed by atoms with van der Waals surface area (Å²) in [5, 5.41) is 0. The summed E-state index contributed by atoms with van der Waals surface area (Å²) in [5.41, 5.74) is 6.27. The maximum atomic E-state index is 13.7. The zero-order valence-corrected chi connectivity index (χ0v) is 11.9. The van der Waals surface area contributed by atoms with Crippen LogP contribution in [0.3, 0.4) is 0 Å². The second-order valence-electron chi connectivity index (χ2n) is 5.08. The molecule has 2 rings (SSSR count). The molecule has 1 aliphatic heterocycles. The molecule has 0 radical (unpaired) electrons. The van der Waals surface area contributed by atoms with E-state index in [1.165, 1.54) is 6.07 Å². The molecule has 1 aliphatic rings. The molecule has 2 nitrogen and oxygen atoms in total. The Morgan fingerprint density at radius 1 is 1.42 bits per heavy atom. The van der Waals surface area contributed by atoms with Gasteiger partial charge in [-0.25, -0.2) is 8.78 Å². The molecular formula is C14H21ClF2N2. The van der Waals surface area contributed by atoms with Crippen LogP contribution in [0.25, 0.3) is 0 Å². The van der Waals surface area contributed by atoms with Gasteiger partial charge in [0.05, 0.1) is 0 Å². The summed E-state index contributed by atoms with van der Waals surface area (Å²) in [6, 6.07) is 3.79. The monoisotopic (exact) mass is 290 g/mol. The summed E-state index contributed by atoms with van der Waals surface area (Å²) in [6.07, 6.45) is 2.24. The summed E-state index contributed by atoms with van der Waals surface area (Å²) < 4.78 is 26.6. The van der Waals surface area contributed by atoms with E-state index in [1.54, 1.807) is 6.07 Å². The lowest BCUT2D eigenvalue weighted by Crippen LogP contribution is -2.40. The van der Waals surface area contributed by atoms with Crippen LogP contribution in [0.1, 0.15) is 31.4 Å². The summed E-state index contributed by atoms with van der Waals surface area (Å²) in [6.45, 7) is 4.49. The Kier molecular flexibility index (Phi) is 6.17. The normalized spacial score (nSPS) is 21.8. The molecule has 2 unspecified atom stereocenters. The van der Waals surface area contributed by atoms with Crippen molar-refractivity contribution in [1.82, 2.24) is 4.90 Å². The fourth-order valence-corrected chi connectivity index (χ4v) is 2.68. The van der Waals surface area contributed by atoms with Crippen molar-refractivity contribution < 1.29 is 8.78 Å². The Labute approximate surface area is 119 Å². The average Bonchev–Trinajstić information content (AvgIpc) is 2.38. The standard InChI is InChI=1S/C14H20F2N2.ClH/c1-10(13-5-4-12(15)7-14(13)16)18-6-2-3-11(8-17)9-18;/h4-5,7,10-11H,2-3,6,8-9,17H2,1H3;1H. The van der Waals surface area contributed by atoms with E-state index >= 15 is 0 Å². The van der Waals surface area contributed by atoms with Crippen LogP contribution in [-0.4, -0.2) is 24.5 Å². The number of likely N-dealkylation sites (tertiary alicyclic amines) is 1. The molecule has 19 heavy (non-hydrogen) atoms. The summed E-state index contributed by atoms with van der Waals surface area (Å²) >= 11 is 0. The Balaban J connectivity index is 0.00000180. The maximum absolute atomic E-state index is 13.7. The molecule has 1 saturated heterocycles. The molecule has 0 amide bonds. The second kappa shape index (κ2) is 7.17. The maximum Gasteiger partial charge on any atom is 0.130 e. The quantitative estimate of drug-likeness (QED) is 0.927. The van der Waals surface area contributed by atoms with Gasteiger partial charge in [-0.15, -0.1) is 12.4 Å². The first-order chi connectivity index (χ1) is 8.61. The highest BCUT2D eigenvalue weighted by atomic mass is 35.5. The molecule has 108 valence electrons. The van der Waals surface area contributed by atoms with Crippen molar-refractivity contribution in [2.75, 3.05) is 19.6 Å². The first-order valence-corrected chi connectivity index (χ1v) is 6.51. The van der Waals surface area contributed by atoms with Gasteiger partial charge in [0.2, 0.25) is 0 Å². The molecule has 1 aromatic rings. The highest BCUT2D eigenvalue weighted by Gasteiger charge is 2.25. The number of hydrogen-bond acceptors (Lipinski definition) is 2. The van der Waals surface area contributed by atoms with Crippen molar-refractivity contribution >= 4 is 12.4 Å². The third-order valence-corrected chi connectivity index (χ3v) is 3.84. The van der Waals surface area contributed by atoms with Crippen molar-refractivity contribution in [3.05, 3.63) is 35.4 Å². The lowest BCUT2D eigenvalue weighted by molar-refractivity contribution is 0.132. The van der Waals surface area contributed by atoms with Gasteiger partial charge < -0.3 is 5.73 Å². The van der Waals surface area contributed by atoms with E-state index in [4.69, 9.17) is 5.73 Å². The van der Waals surface area contributed by atoms with Crippen molar-refractivity contribution in [2.24, 2.45) is 11.7 Å². The smallest absolute Gasteiger partial charge is 0.130 e. The molecule has 1 aromatic carbocycles. The summed E-state index contributed by atoms with van der Waals surface area (Å²) in [5.74, 6) is -0.496. The average molecular weight is 291 g/mol. The molecule has 1 heterocycles. The third kappa shape index (κ3) is 3.88. The summed E-state index contributed by atoms with van der Waals surface area (Å²) in [4.78, 5) is 2.23. The van der Waals surface area contributed by atoms with Crippen LogP contribution in [0.5, 0.6) is 0 Å². The predicted molar refractivity (Wildman–Crippen MR) is 75.4 cm³/mol. The largest absolute Gasteiger partial charge is 0.330 e. The Bertz CT molecular complexity index is 414. The minimum absolute atomic E-state index is 0. The van der Waals surface area contributed by atoms with Crippen LogP contribution in [0.15, 0.2) is 18.2 Å². The number of halogens is 3. The SMILES string of the molecule is CC(c1ccc(F)cc1F)N1CCCC(CN)C1.Cl. The molecule has 0 aliphatic carbocycles. The number of rotatable bonds is 3. The number of nitrogens with two attached hydrogens (primary N) is 1. The van der Waals surface area contributed by atoms with Crippen LogP contribution < -0.4 is 5.73 Å². The van der Waals surface area contributed by atoms with Crippen LogP contribution in [0, 0.1) is 17.6 Å². The van der Waals surface area contributed by atoms with E-state index in [1.807, 2.05) is 6.92 Å². The highest BCUT2D eigenvalue weighted by Crippen LogP contribution is 2.28. The first kappa shape index (κ1) is 16.3. The number of benzene rings is 1. The molecule has 2 N–H and O–H groups in total. The fourth-order valence-electron chi connectivity index (χ4n) is 2.68. The summed E-state index contributed by atoms with van der Waals surface area (Å²) in [7, 11) is 0. The third-order valence-electron chi connectivity index (χ3n) is 3.84. The van der Waals surface area contributed by atoms with Gasteiger partial charge in [-0.1, -0.05) is 6.07 Å². The molecule has 0 bridgehead atoms. The van der Waals surface area contributed by atoms with Gasteiger partial charge in [-0.05, 0) is 44.8 Å². The van der Waals surface area contributed by atoms with Gasteiger partial charge in [-0.2, -0.15) is 0 Å². The first-order valence-electron chi connectivity index (χ1n) is 6.51. The van der Waals surface area contributed by atoms with Crippen LogP contribution in [-0.2, 0) is 0 Å². The Hall–Kier alpha value is -0.710. The van der Waals surface area contributed by atoms with Gasteiger partial charge in [0.1, 0.15) is 11.6 Å². The van der Waals surface area contributed by atoms with E-state index in [9.17, 15) is 8.78 Å². The lowest BCUT2D eigenvalue weighted by atomic mass is 9.95. The zero-order valence-electron chi connectivity index (χ0n) is 11.1. The molecular weight excluding hydrogens is 270 g/mol. The van der Waals surface area contributed by atoms with Gasteiger partial charge in [0.15, 0.2) is 0 Å². The Morgan fingerprint density at radius 2 is 2.16 bits per heavy atom. The number of hydrogen-bond donors (Lipinski definition) is 1. The Morgan fingerprint density at radius 3 is 2.79 bits per heavy atom. The zero-order chi connectivity index (χ0) is 13.1. The molecule has 0 spiro atoms. The van der Waals surface area contributed by atoms with Gasteiger partial charge in [-0.3, -0.25) is 4.90 Å². The highest BCUT2D eigenvalue weighted by molar-refractivity contribution is 5.85. The lowest BCUT2D eigenvalue weighted by Gasteiger charge is -2.36. The van der Waals surface area contributed by atoms with Crippen LogP contribution >= 0.6 is 12.4 Å². The van der Waals surface area contributed by atoms with Crippen molar-refractivity contribution in [3.63, 3.8) is 0 Å². The minimum atomic E-state index is -0.526. The topological polar surface area (TPSA) is 29.3 Å². The van der Waals surface area contributed by atoms with Gasteiger partial charge >= 0.3 is 0 Å². The van der Waals surface area contributed by atoms with Gasteiger partial charge in [0.25, 0.3) is 0 Å². The van der Waals surface area contributed by atoms with Crippen molar-refractivity contribution in [3.8, 4) is 0 Å². The van der Waals surface area contributed by atoms with Crippen molar-refractivity contribution in [1.29, 1.82) is 0 Å². The van der Waals surface area contributed by atoms with Crippen LogP contribution in [0.4, 0.5) is 8.78 Å². The predicted octanol–water partition coefficient (Wildman–Crippen LogP) is 3.12. The molecule has 1 fully saturated rings. The minimum Gasteiger partial charge on any atom is -0.330 e. The second-order valence-corrected chi connectivity index (χ2v) is 5.08. The molecule has 0 saturated carbocycles. The van der Waals surface area contributed by atoms with E-state index in [0.717, 1.165) is 32.0 Å². The molecule has 0 aromatic heterocycles. The van der Waals surface area contributed by atoms with Gasteiger partial charge in [0, 0.05) is 24.2 Å². The van der Waals surface area contributed by atoms with E-state index in [2.05, 4.69) is 4.90 Å². The van der Waals surface area contributed by atoms with E-state index in [0.29, 0.717) is 18.0 Å². The number of piperidine rings is 1. The molecule has 5 heteroatoms. The molecule has 2 atom stereocenters. The van der Waals surface area contributed by atoms with E-state index in [-0.39, 0.29) is 18.4 Å². The fraction of sp³-hybridized carbons (Fsp3) is 0.571. The van der Waals surface area contributed by atoms with Crippen LogP contribution in [0.2, 0.25) is 0 Å². The number of nitrogens with zero attached hydrogens (tertiary/aromatic N) is 1. The van der Waals surface area contributed by atoms with E-state index < -0.39 is 11.6 Å².